The predicted molar refractivity (Wildman–Crippen MR) is 70.5 cm³/mol. The summed E-state index contributed by atoms with van der Waals surface area (Å²) in [5.41, 5.74) is -2.95. The van der Waals surface area contributed by atoms with E-state index in [4.69, 9.17) is 20.4 Å². The molecule has 0 aromatic rings. The Kier molecular flexibility index (Phi) is 8.43. The molecule has 0 spiro atoms. The van der Waals surface area contributed by atoms with Crippen LogP contribution in [0.3, 0.4) is 0 Å². The van der Waals surface area contributed by atoms with Gasteiger partial charge in [0.05, 0.1) is 19.4 Å². The Hall–Kier alpha value is -2.12. The average Bonchev–Trinajstić information content (AvgIpc) is 2.49. The van der Waals surface area contributed by atoms with Crippen LogP contribution in [0.5, 0.6) is 0 Å². The lowest BCUT2D eigenvalue weighted by molar-refractivity contribution is -0.173. The van der Waals surface area contributed by atoms with Gasteiger partial charge in [0, 0.05) is 0 Å². The molecule has 0 aromatic heterocycles. The van der Waals surface area contributed by atoms with E-state index in [-0.39, 0.29) is 0 Å². The van der Waals surface area contributed by atoms with Crippen molar-refractivity contribution in [1.29, 1.82) is 0 Å². The van der Waals surface area contributed by atoms with E-state index in [0.29, 0.717) is 0 Å². The van der Waals surface area contributed by atoms with Gasteiger partial charge in [-0.1, -0.05) is 0 Å². The molecule has 0 saturated heterocycles. The van der Waals surface area contributed by atoms with Gasteiger partial charge in [-0.3, -0.25) is 14.4 Å². The number of ether oxygens (including phenoxy) is 1. The summed E-state index contributed by atoms with van der Waals surface area (Å²) in [4.78, 5) is 44.2. The number of Topliss-reactive ketones (excluding diaryl/α,β-unsaturated/α-hetero) is 1. The number of aliphatic hydroxyl groups excluding tert-OH is 4. The summed E-state index contributed by atoms with van der Waals surface area (Å²) < 4.78 is 4.30. The molecule has 12 nitrogen and oxygen atoms in total. The van der Waals surface area contributed by atoms with Gasteiger partial charge in [0.25, 0.3) is 0 Å². The minimum Gasteiger partial charge on any atom is -0.481 e. The highest BCUT2D eigenvalue weighted by Gasteiger charge is 2.41. The molecule has 0 rings (SSSR count). The largest absolute Gasteiger partial charge is 0.481 e. The normalized spacial score (nSPS) is 17.2. The molecule has 0 amide bonds. The number of ketones is 1. The molecule has 0 bridgehead atoms. The van der Waals surface area contributed by atoms with Gasteiger partial charge in [0.1, 0.15) is 18.3 Å². The molecule has 138 valence electrons. The number of carbonyl (C=O) groups is 4. The smallest absolute Gasteiger partial charge is 0.336 e. The highest BCUT2D eigenvalue weighted by molar-refractivity contribution is 5.90. The molecular weight excluding hydrogens is 336 g/mol. The lowest BCUT2D eigenvalue weighted by atomic mass is 9.96. The maximum absolute atomic E-state index is 11.4. The van der Waals surface area contributed by atoms with Gasteiger partial charge in [0.2, 0.25) is 5.78 Å². The topological polar surface area (TPSA) is 219 Å². The Balaban J connectivity index is 4.65. The van der Waals surface area contributed by atoms with Gasteiger partial charge in [-0.25, -0.2) is 4.79 Å². The molecule has 1 unspecified atom stereocenters. The lowest BCUT2D eigenvalue weighted by Crippen LogP contribution is -2.46. The molecule has 0 aliphatic rings. The van der Waals surface area contributed by atoms with Crippen LogP contribution in [-0.2, 0) is 23.9 Å². The number of carbonyl (C=O) groups excluding carboxylic acids is 2. The molecule has 4 atom stereocenters. The monoisotopic (exact) mass is 354 g/mol. The van der Waals surface area contributed by atoms with Crippen molar-refractivity contribution in [1.82, 2.24) is 0 Å². The summed E-state index contributed by atoms with van der Waals surface area (Å²) in [5, 5.41) is 63.1. The van der Waals surface area contributed by atoms with E-state index < -0.39 is 73.7 Å². The van der Waals surface area contributed by atoms with Crippen LogP contribution in [0.2, 0.25) is 0 Å². The zero-order valence-electron chi connectivity index (χ0n) is 12.2. The lowest BCUT2D eigenvalue weighted by Gasteiger charge is -2.21. The van der Waals surface area contributed by atoms with Crippen molar-refractivity contribution in [3.05, 3.63) is 0 Å². The molecule has 0 aliphatic carbocycles. The predicted octanol–water partition coefficient (Wildman–Crippen LogP) is -4.15. The van der Waals surface area contributed by atoms with Crippen LogP contribution in [0.4, 0.5) is 0 Å². The van der Waals surface area contributed by atoms with Gasteiger partial charge < -0.3 is 40.5 Å². The first-order valence-electron chi connectivity index (χ1n) is 6.45. The summed E-state index contributed by atoms with van der Waals surface area (Å²) in [6.07, 6.45) is -8.65. The number of hydrogen-bond acceptors (Lipinski definition) is 10. The number of esters is 1. The maximum atomic E-state index is 11.4. The Morgan fingerprint density at radius 2 is 1.54 bits per heavy atom. The first-order chi connectivity index (χ1) is 10.9. The molecule has 0 saturated carbocycles. The molecule has 0 radical (unpaired) electrons. The van der Waals surface area contributed by atoms with Crippen molar-refractivity contribution in [2.24, 2.45) is 0 Å². The second kappa shape index (κ2) is 9.24. The standard InChI is InChI=1S/C12H18O12/c13-3-5(14)9(19)10(20)6(15)4-24-8(18)2-12(23,11(21)22)1-7(16)17/h5,9-10,13-14,19-20,23H,1-4H2,(H,16,17)(H,21,22)/t5-,9+,10+,12?/m1/s1. The minimum absolute atomic E-state index is 0.952. The van der Waals surface area contributed by atoms with E-state index in [1.807, 2.05) is 0 Å². The fourth-order valence-electron chi connectivity index (χ4n) is 1.50. The summed E-state index contributed by atoms with van der Waals surface area (Å²) >= 11 is 0. The van der Waals surface area contributed by atoms with Crippen LogP contribution in [0.1, 0.15) is 12.8 Å². The third kappa shape index (κ3) is 6.55. The maximum Gasteiger partial charge on any atom is 0.336 e. The van der Waals surface area contributed by atoms with Crippen LogP contribution in [0, 0.1) is 0 Å². The number of carboxylic acids is 2. The van der Waals surface area contributed by atoms with E-state index in [1.54, 1.807) is 0 Å². The van der Waals surface area contributed by atoms with Crippen LogP contribution < -0.4 is 0 Å². The Morgan fingerprint density at radius 3 is 1.96 bits per heavy atom. The zero-order valence-corrected chi connectivity index (χ0v) is 12.2. The zero-order chi connectivity index (χ0) is 19.1. The summed E-state index contributed by atoms with van der Waals surface area (Å²) in [6, 6.07) is 0. The number of rotatable bonds is 11. The molecule has 7 N–H and O–H groups in total. The van der Waals surface area contributed by atoms with Crippen LogP contribution in [-0.4, -0.2) is 96.6 Å². The van der Waals surface area contributed by atoms with Gasteiger partial charge in [0.15, 0.2) is 12.2 Å². The van der Waals surface area contributed by atoms with Crippen molar-refractivity contribution in [3.8, 4) is 0 Å². The first kappa shape index (κ1) is 21.9. The van der Waals surface area contributed by atoms with Crippen LogP contribution in [0.15, 0.2) is 0 Å². The van der Waals surface area contributed by atoms with Gasteiger partial charge in [-0.05, 0) is 0 Å². The van der Waals surface area contributed by atoms with Crippen LogP contribution in [0.25, 0.3) is 0 Å². The molecule has 0 aromatic carbocycles. The third-order valence-corrected chi connectivity index (χ3v) is 2.89. The molecular formula is C12H18O12. The molecule has 24 heavy (non-hydrogen) atoms. The molecule has 0 heterocycles. The summed E-state index contributed by atoms with van der Waals surface area (Å²) in [6.45, 7) is -2.09. The van der Waals surface area contributed by atoms with Crippen molar-refractivity contribution in [2.75, 3.05) is 13.2 Å². The van der Waals surface area contributed by atoms with Crippen LogP contribution >= 0.6 is 0 Å². The van der Waals surface area contributed by atoms with Crippen molar-refractivity contribution in [3.63, 3.8) is 0 Å². The average molecular weight is 354 g/mol. The summed E-state index contributed by atoms with van der Waals surface area (Å²) in [5.74, 6) is -6.41. The number of aliphatic carboxylic acids is 2. The third-order valence-electron chi connectivity index (χ3n) is 2.89. The second-order valence-electron chi connectivity index (χ2n) is 4.90. The second-order valence-corrected chi connectivity index (χ2v) is 4.90. The fraction of sp³-hybridized carbons (Fsp3) is 0.667. The van der Waals surface area contributed by atoms with Crippen molar-refractivity contribution in [2.45, 2.75) is 36.8 Å². The summed E-state index contributed by atoms with van der Waals surface area (Å²) in [7, 11) is 0. The van der Waals surface area contributed by atoms with E-state index >= 15 is 0 Å². The Bertz CT molecular complexity index is 488. The van der Waals surface area contributed by atoms with Crippen molar-refractivity contribution >= 4 is 23.7 Å². The van der Waals surface area contributed by atoms with Crippen molar-refractivity contribution < 1.29 is 59.7 Å². The first-order valence-corrected chi connectivity index (χ1v) is 6.45. The SMILES string of the molecule is O=C(O)CC(O)(CC(=O)OCC(=O)[C@H](O)[C@@H](O)[C@H](O)CO)C(=O)O. The van der Waals surface area contributed by atoms with E-state index in [0.717, 1.165) is 0 Å². The Morgan fingerprint density at radius 1 is 1.00 bits per heavy atom. The van der Waals surface area contributed by atoms with Gasteiger partial charge in [-0.15, -0.1) is 0 Å². The minimum atomic E-state index is -2.95. The van der Waals surface area contributed by atoms with E-state index in [1.165, 1.54) is 0 Å². The quantitative estimate of drug-likeness (QED) is 0.176. The fourth-order valence-corrected chi connectivity index (χ4v) is 1.50. The van der Waals surface area contributed by atoms with E-state index in [2.05, 4.69) is 4.74 Å². The highest BCUT2D eigenvalue weighted by Crippen LogP contribution is 2.17. The van der Waals surface area contributed by atoms with Gasteiger partial charge >= 0.3 is 17.9 Å². The highest BCUT2D eigenvalue weighted by atomic mass is 16.5. The Labute approximate surface area is 134 Å². The number of aliphatic hydroxyl groups is 5. The van der Waals surface area contributed by atoms with E-state index in [9.17, 15) is 34.5 Å². The molecule has 12 heteroatoms. The van der Waals surface area contributed by atoms with Gasteiger partial charge in [-0.2, -0.15) is 0 Å². The molecule has 0 fully saturated rings. The number of hydrogen-bond donors (Lipinski definition) is 7. The molecule has 0 aliphatic heterocycles. The number of carboxylic acid groups (broad SMARTS) is 2.